The van der Waals surface area contributed by atoms with Crippen molar-refractivity contribution >= 4 is 74.7 Å². The van der Waals surface area contributed by atoms with Gasteiger partial charge in [0.05, 0.1) is 42.7 Å². The minimum Gasteiger partial charge on any atom is -0.504 e. The number of carbonyl (C=O) groups excluding carboxylic acids is 4. The lowest BCUT2D eigenvalue weighted by Crippen LogP contribution is -2.58. The number of piperidine rings is 2. The number of ketones is 2. The van der Waals surface area contributed by atoms with Crippen molar-refractivity contribution in [1.29, 1.82) is 0 Å². The van der Waals surface area contributed by atoms with E-state index in [0.717, 1.165) is 148 Å². The molecule has 136 heavy (non-hydrogen) atoms. The molecule has 0 radical (unpaired) electrons. The van der Waals surface area contributed by atoms with Gasteiger partial charge in [0.15, 0.2) is 11.6 Å². The summed E-state index contributed by atoms with van der Waals surface area (Å²) in [5, 5.41) is 14.9. The van der Waals surface area contributed by atoms with Crippen molar-refractivity contribution in [3.05, 3.63) is 256 Å². The minimum absolute atomic E-state index is 0.00156. The fraction of sp³-hybridized carbons (Fsp3) is 0.534. The van der Waals surface area contributed by atoms with Crippen molar-refractivity contribution in [2.45, 2.75) is 309 Å². The Morgan fingerprint density at radius 1 is 0.654 bits per heavy atom. The van der Waals surface area contributed by atoms with Crippen LogP contribution in [0.1, 0.15) is 272 Å². The smallest absolute Gasteiger partial charge is 0.337 e. The highest BCUT2D eigenvalue weighted by Crippen LogP contribution is 2.57. The number of halogens is 3. The Morgan fingerprint density at radius 3 is 1.82 bits per heavy atom. The van der Waals surface area contributed by atoms with Crippen LogP contribution < -0.4 is 20.9 Å². The van der Waals surface area contributed by atoms with Gasteiger partial charge in [0.25, 0.3) is 0 Å². The fourth-order valence-corrected chi connectivity index (χ4v) is 22.2. The number of carbonyl (C=O) groups is 5. The number of aryl methyl sites for hydroxylation is 1. The number of rotatable bonds is 26. The molecule has 0 aromatic heterocycles. The quantitative estimate of drug-likeness (QED) is 0.0152. The Morgan fingerprint density at radius 2 is 1.26 bits per heavy atom. The lowest BCUT2D eigenvalue weighted by atomic mass is 9.64. The number of likely N-dealkylation sites (N-methyl/N-ethyl adjacent to an activating group) is 1. The standard InChI is InChI=1S/C25H34N2O4.C24H28N2.C19H23F2N.C18H27N.C16H22ClNO.C7H13NO2.C7H13NO/c1-6-17-14-26-12-11-25(22(26)13-18(17)19(15-30-4)23(28)31-5)20-9-7-8-10-21(20)27(16(2)3)24(25)29;1-5-19-10-8-13-21(17-19)26(4)24(16-18(2)3)25-23-15-9-12-20-11-6-7-14-22(20)23;1-14(2)22(3)11-10-19(15-6-4-8-17(20)12-15)16-7-5-9-18(21)13-16;1-15(2)19-14-8-12-17-11-6-7-13-18(17,19)16-9-4-3-5-10-16;1-12(2)18(3)16(11-7-6-10-15(16)19)13-8-4-5-9-14(13)17;1-5(2)8-7(3-4-7)6(9)10;1-5(2)6(9)7(8)3-4-7/h7-10,15-18,22H,6,11-14H2,1-5H3;6-15,17-18H,5,16H2,1-4H3;4-9,12-14,19H,10-11H2,1-3H3;3-5,9-10,15,17H,6-8,11-14H2,1-2H3;4-5,8-9,12H,6-7,10-11H2,1-3H3;5,8H,3-4H2,1-2H3,(H,9,10);5H,3-4,8H2,1-2H3/b19-15+;;;;;;/t17-,18-,22-,25+;;;;;;/m0....../s1. The topological polar surface area (TPSA) is 194 Å². The minimum atomic E-state index is -0.707. The van der Waals surface area contributed by atoms with Gasteiger partial charge in [0.2, 0.25) is 5.91 Å². The summed E-state index contributed by atoms with van der Waals surface area (Å²) in [5.74, 6) is 2.13. The van der Waals surface area contributed by atoms with E-state index >= 15 is 0 Å². The molecule has 8 aliphatic rings. The molecule has 4 aliphatic carbocycles. The van der Waals surface area contributed by atoms with Crippen LogP contribution in [0.3, 0.4) is 0 Å². The third kappa shape index (κ3) is 26.0. The molecule has 4 heterocycles. The van der Waals surface area contributed by atoms with Gasteiger partial charge in [0, 0.05) is 102 Å². The van der Waals surface area contributed by atoms with E-state index in [1.165, 1.54) is 86.3 Å². The first-order chi connectivity index (χ1) is 64.8. The number of amides is 1. The lowest BCUT2D eigenvalue weighted by Gasteiger charge is -2.57. The van der Waals surface area contributed by atoms with Gasteiger partial charge in [0.1, 0.15) is 28.5 Å². The predicted molar refractivity (Wildman–Crippen MR) is 556 cm³/mol. The van der Waals surface area contributed by atoms with Crippen LogP contribution in [0.5, 0.6) is 0 Å². The molecule has 0 bridgehead atoms. The van der Waals surface area contributed by atoms with Crippen LogP contribution in [0, 0.1) is 41.2 Å². The molecule has 3 saturated heterocycles. The molecule has 8 aromatic rings. The first-order valence-corrected chi connectivity index (χ1v) is 51.0. The molecule has 8 aromatic carbocycles. The summed E-state index contributed by atoms with van der Waals surface area (Å²) in [4.78, 5) is 80.0. The van der Waals surface area contributed by atoms with Crippen LogP contribution in [-0.2, 0) is 56.4 Å². The lowest BCUT2D eigenvalue weighted by molar-refractivity contribution is -0.141. The third-order valence-electron chi connectivity index (χ3n) is 29.8. The van der Waals surface area contributed by atoms with E-state index in [1.807, 2.05) is 88.2 Å². The molecule has 4 N–H and O–H groups in total. The molecular weight excluding hydrogens is 1720 g/mol. The van der Waals surface area contributed by atoms with E-state index in [9.17, 15) is 32.8 Å². The monoisotopic (exact) mass is 1880 g/mol. The van der Waals surface area contributed by atoms with E-state index in [-0.39, 0.29) is 65.2 Å². The highest BCUT2D eigenvalue weighted by molar-refractivity contribution is 6.31. The summed E-state index contributed by atoms with van der Waals surface area (Å²) in [6.45, 7) is 37.9. The van der Waals surface area contributed by atoms with Crippen LogP contribution in [0.2, 0.25) is 5.02 Å². The zero-order valence-corrected chi connectivity index (χ0v) is 86.4. The average molecular weight is 1880 g/mol. The van der Waals surface area contributed by atoms with E-state index < -0.39 is 28.0 Å². The maximum absolute atomic E-state index is 14.0. The summed E-state index contributed by atoms with van der Waals surface area (Å²) in [7, 11) is 9.21. The summed E-state index contributed by atoms with van der Waals surface area (Å²) in [6.07, 6.45) is 22.2. The fourth-order valence-electron chi connectivity index (χ4n) is 21.9. The van der Waals surface area contributed by atoms with Crippen molar-refractivity contribution in [1.82, 2.24) is 24.9 Å². The molecular formula is C116H160ClF2N9O8. The number of nitrogens with one attached hydrogen (secondary N) is 1. The van der Waals surface area contributed by atoms with Crippen LogP contribution >= 0.6 is 11.6 Å². The average Bonchev–Trinajstić information content (AvgIpc) is 1.54. The molecule has 7 fully saturated rings. The number of nitrogens with zero attached hydrogens (tertiary/aromatic N) is 7. The van der Waals surface area contributed by atoms with Gasteiger partial charge in [-0.15, -0.1) is 0 Å². The van der Waals surface area contributed by atoms with Gasteiger partial charge < -0.3 is 35.0 Å². The van der Waals surface area contributed by atoms with Crippen LogP contribution in [-0.4, -0.2) is 169 Å². The molecule has 1 amide bonds. The number of amidine groups is 1. The Balaban J connectivity index is 0.000000169. The first-order valence-electron chi connectivity index (χ1n) is 50.6. The highest BCUT2D eigenvalue weighted by atomic mass is 35.5. The van der Waals surface area contributed by atoms with Crippen LogP contribution in [0.15, 0.2) is 211 Å². The number of likely N-dealkylation sites (tertiary alicyclic amines) is 1. The van der Waals surface area contributed by atoms with Crippen molar-refractivity contribution in [2.75, 3.05) is 71.3 Å². The van der Waals surface area contributed by atoms with E-state index in [0.29, 0.717) is 58.3 Å². The number of ether oxygens (including phenoxy) is 2. The molecule has 1 spiro atoms. The Bertz CT molecular complexity index is 5250. The number of fused-ring (bicyclic) bond motifs is 6. The summed E-state index contributed by atoms with van der Waals surface area (Å²) in [5.41, 5.74) is 14.6. The number of benzene rings is 8. The van der Waals surface area contributed by atoms with Crippen LogP contribution in [0.25, 0.3) is 10.8 Å². The SMILES string of the molecule is CC(C)C(=O)C1(N)CC1.CC(C)N(C)C1(c2ccccc2Cl)CCCCC1=O.CC(C)N(C)CCC(c1cccc(F)c1)c1cccc(F)c1.CC(C)N1CCCC2CCCCC21c1ccccc1.CC(C)NC1(C(=O)O)CC1.CC[C@H]1CN2CC[C@]3(C(=O)N(C(C)C)c4ccccc43)[C@@H]2C[C@@H]1/C(=C\OC)C(=O)OC.CCc1cccc(N(C)C(CC(C)C)=Nc2cccc3ccccc23)c1. The van der Waals surface area contributed by atoms with Crippen molar-refractivity contribution < 1.29 is 47.3 Å². The maximum Gasteiger partial charge on any atom is 0.337 e. The van der Waals surface area contributed by atoms with E-state index in [2.05, 4.69) is 236 Å². The van der Waals surface area contributed by atoms with Crippen LogP contribution in [0.4, 0.5) is 25.8 Å². The number of para-hydroxylation sites is 1. The largest absolute Gasteiger partial charge is 0.504 e. The number of methoxy groups -OCH3 is 2. The number of aliphatic imine (C=N–C) groups is 1. The van der Waals surface area contributed by atoms with Gasteiger partial charge in [-0.3, -0.25) is 39.2 Å². The highest BCUT2D eigenvalue weighted by Gasteiger charge is 2.63. The number of hydrogen-bond donors (Lipinski definition) is 3. The van der Waals surface area contributed by atoms with E-state index in [1.54, 1.807) is 43.2 Å². The second-order valence-corrected chi connectivity index (χ2v) is 41.7. The van der Waals surface area contributed by atoms with Crippen molar-refractivity contribution in [3.8, 4) is 0 Å². The predicted octanol–water partition coefficient (Wildman–Crippen LogP) is 24.8. The molecule has 4 aliphatic heterocycles. The second-order valence-electron chi connectivity index (χ2n) is 41.3. The van der Waals surface area contributed by atoms with E-state index in [4.69, 9.17) is 36.9 Å². The van der Waals surface area contributed by atoms with Gasteiger partial charge in [-0.05, 0) is 310 Å². The molecule has 3 unspecified atom stereocenters. The third-order valence-corrected chi connectivity index (χ3v) is 30.1. The molecule has 738 valence electrons. The Hall–Kier alpha value is -9.31. The van der Waals surface area contributed by atoms with Crippen molar-refractivity contribution in [3.63, 3.8) is 0 Å². The molecule has 4 saturated carbocycles. The number of Topliss-reactive ketones (excluding diaryl/α,β-unsaturated/α-hetero) is 2. The van der Waals surface area contributed by atoms with Gasteiger partial charge in [-0.25, -0.2) is 18.6 Å². The maximum atomic E-state index is 14.0. The van der Waals surface area contributed by atoms with Gasteiger partial charge in [-0.1, -0.05) is 218 Å². The van der Waals surface area contributed by atoms with Gasteiger partial charge >= 0.3 is 11.9 Å². The summed E-state index contributed by atoms with van der Waals surface area (Å²) >= 11 is 6.38. The Labute approximate surface area is 818 Å². The molecule has 7 atom stereocenters. The molecule has 20 heteroatoms. The number of nitrogens with two attached hydrogens (primary N) is 1. The van der Waals surface area contributed by atoms with Gasteiger partial charge in [-0.2, -0.15) is 0 Å². The zero-order valence-electron chi connectivity index (χ0n) is 85.6. The number of aliphatic carboxylic acids is 1. The summed E-state index contributed by atoms with van der Waals surface area (Å²) < 4.78 is 37.5. The summed E-state index contributed by atoms with van der Waals surface area (Å²) in [6, 6.07) is 66.0. The number of carboxylic acids is 1. The zero-order chi connectivity index (χ0) is 99.2. The van der Waals surface area contributed by atoms with Crippen molar-refractivity contribution in [2.24, 2.45) is 40.3 Å². The number of anilines is 2. The second kappa shape index (κ2) is 49.5. The number of hydrogen-bond acceptors (Lipinski definition) is 14. The Kier molecular flexibility index (Phi) is 39.6. The number of esters is 1. The first kappa shape index (κ1) is 109. The normalized spacial score (nSPS) is 22.1. The molecule has 16 rings (SSSR count). The number of carboxylic acid groups (broad SMARTS) is 1. The molecule has 17 nitrogen and oxygen atoms in total.